The van der Waals surface area contributed by atoms with E-state index >= 15 is 0 Å². The van der Waals surface area contributed by atoms with E-state index in [0.717, 1.165) is 30.2 Å². The van der Waals surface area contributed by atoms with Gasteiger partial charge < -0.3 is 9.73 Å². The molecular weight excluding hydrogens is 240 g/mol. The highest BCUT2D eigenvalue weighted by Crippen LogP contribution is 2.21. The van der Waals surface area contributed by atoms with Crippen LogP contribution in [0.25, 0.3) is 0 Å². The van der Waals surface area contributed by atoms with Gasteiger partial charge in [-0.2, -0.15) is 5.10 Å². The second kappa shape index (κ2) is 6.02. The summed E-state index contributed by atoms with van der Waals surface area (Å²) in [6.45, 7) is 6.30. The fraction of sp³-hybridized carbons (Fsp3) is 0.571. The van der Waals surface area contributed by atoms with Crippen LogP contribution in [-0.4, -0.2) is 21.8 Å². The number of aromatic nitrogens is 3. The van der Waals surface area contributed by atoms with Gasteiger partial charge in [0.1, 0.15) is 23.7 Å². The minimum absolute atomic E-state index is 0.127. The lowest BCUT2D eigenvalue weighted by molar-refractivity contribution is 0.393. The van der Waals surface area contributed by atoms with E-state index < -0.39 is 0 Å². The van der Waals surface area contributed by atoms with Crippen molar-refractivity contribution in [2.24, 2.45) is 0 Å². The highest BCUT2D eigenvalue weighted by Gasteiger charge is 2.18. The van der Waals surface area contributed by atoms with Crippen molar-refractivity contribution in [1.29, 1.82) is 0 Å². The molecule has 0 radical (unpaired) electrons. The fourth-order valence-corrected chi connectivity index (χ4v) is 2.15. The molecule has 0 saturated heterocycles. The van der Waals surface area contributed by atoms with Crippen molar-refractivity contribution in [2.45, 2.75) is 45.7 Å². The first kappa shape index (κ1) is 13.8. The SMILES string of the molecule is CCc1ccc(C(Cc2ncnn2C(C)C)NC)o1. The molecule has 1 N–H and O–H groups in total. The first-order valence-electron chi connectivity index (χ1n) is 6.80. The Hall–Kier alpha value is -1.62. The number of hydrogen-bond donors (Lipinski definition) is 1. The normalized spacial score (nSPS) is 13.1. The summed E-state index contributed by atoms with van der Waals surface area (Å²) in [7, 11) is 1.94. The minimum atomic E-state index is 0.127. The number of nitrogens with one attached hydrogen (secondary N) is 1. The smallest absolute Gasteiger partial charge is 0.138 e. The van der Waals surface area contributed by atoms with E-state index in [9.17, 15) is 0 Å². The molecule has 0 fully saturated rings. The monoisotopic (exact) mass is 262 g/mol. The summed E-state index contributed by atoms with van der Waals surface area (Å²) in [5.74, 6) is 2.95. The molecule has 0 aromatic carbocycles. The Morgan fingerprint density at radius 1 is 1.37 bits per heavy atom. The average Bonchev–Trinajstić information content (AvgIpc) is 3.04. The van der Waals surface area contributed by atoms with Gasteiger partial charge in [0.2, 0.25) is 0 Å². The van der Waals surface area contributed by atoms with Gasteiger partial charge in [0.05, 0.1) is 6.04 Å². The molecule has 2 aromatic heterocycles. The summed E-state index contributed by atoms with van der Waals surface area (Å²) >= 11 is 0. The Morgan fingerprint density at radius 3 is 2.74 bits per heavy atom. The van der Waals surface area contributed by atoms with Gasteiger partial charge >= 0.3 is 0 Å². The van der Waals surface area contributed by atoms with Crippen LogP contribution in [-0.2, 0) is 12.8 Å². The zero-order valence-electron chi connectivity index (χ0n) is 12.1. The van der Waals surface area contributed by atoms with Crippen LogP contribution >= 0.6 is 0 Å². The van der Waals surface area contributed by atoms with Gasteiger partial charge in [-0.3, -0.25) is 0 Å². The second-order valence-electron chi connectivity index (χ2n) is 4.92. The van der Waals surface area contributed by atoms with Gasteiger partial charge in [-0.25, -0.2) is 9.67 Å². The molecule has 1 unspecified atom stereocenters. The molecule has 104 valence electrons. The molecule has 2 rings (SSSR count). The van der Waals surface area contributed by atoms with Gasteiger partial charge in [-0.15, -0.1) is 0 Å². The van der Waals surface area contributed by atoms with Crippen LogP contribution in [0.15, 0.2) is 22.9 Å². The number of aryl methyl sites for hydroxylation is 1. The largest absolute Gasteiger partial charge is 0.464 e. The second-order valence-corrected chi connectivity index (χ2v) is 4.92. The third-order valence-corrected chi connectivity index (χ3v) is 3.25. The molecule has 0 aliphatic carbocycles. The third-order valence-electron chi connectivity index (χ3n) is 3.25. The number of furan rings is 1. The van der Waals surface area contributed by atoms with Crippen LogP contribution in [0.3, 0.4) is 0 Å². The summed E-state index contributed by atoms with van der Waals surface area (Å²) < 4.78 is 7.77. The summed E-state index contributed by atoms with van der Waals surface area (Å²) in [6.07, 6.45) is 3.30. The van der Waals surface area contributed by atoms with Crippen molar-refractivity contribution in [3.05, 3.63) is 35.8 Å². The zero-order valence-corrected chi connectivity index (χ0v) is 12.1. The molecule has 0 spiro atoms. The summed E-state index contributed by atoms with van der Waals surface area (Å²) in [5, 5.41) is 7.55. The molecule has 2 heterocycles. The fourth-order valence-electron chi connectivity index (χ4n) is 2.15. The highest BCUT2D eigenvalue weighted by atomic mass is 16.3. The van der Waals surface area contributed by atoms with Crippen LogP contribution in [0.5, 0.6) is 0 Å². The zero-order chi connectivity index (χ0) is 13.8. The molecule has 2 aromatic rings. The number of hydrogen-bond acceptors (Lipinski definition) is 4. The van der Waals surface area contributed by atoms with Crippen molar-refractivity contribution in [2.75, 3.05) is 7.05 Å². The molecule has 0 bridgehead atoms. The lowest BCUT2D eigenvalue weighted by atomic mass is 10.1. The molecule has 19 heavy (non-hydrogen) atoms. The van der Waals surface area contributed by atoms with E-state index in [1.54, 1.807) is 6.33 Å². The van der Waals surface area contributed by atoms with Crippen LogP contribution in [0, 0.1) is 0 Å². The maximum atomic E-state index is 5.82. The van der Waals surface area contributed by atoms with Crippen LogP contribution in [0.4, 0.5) is 0 Å². The quantitative estimate of drug-likeness (QED) is 0.869. The Bertz CT molecular complexity index is 515. The predicted molar refractivity (Wildman–Crippen MR) is 74.0 cm³/mol. The molecule has 0 saturated carbocycles. The predicted octanol–water partition coefficient (Wildman–Crippen LogP) is 2.52. The lowest BCUT2D eigenvalue weighted by Crippen LogP contribution is -2.21. The molecule has 1 atom stereocenters. The first-order chi connectivity index (χ1) is 9.15. The standard InChI is InChI=1S/C14H22N4O/c1-5-11-6-7-13(19-11)12(15-4)8-14-16-9-17-18(14)10(2)3/h6-7,9-10,12,15H,5,8H2,1-4H3. The highest BCUT2D eigenvalue weighted by molar-refractivity contribution is 5.12. The number of rotatable bonds is 6. The Morgan fingerprint density at radius 2 is 2.16 bits per heavy atom. The third kappa shape index (κ3) is 3.04. The number of likely N-dealkylation sites (N-methyl/N-ethyl adjacent to an activating group) is 1. The molecule has 5 nitrogen and oxygen atoms in total. The average molecular weight is 262 g/mol. The lowest BCUT2D eigenvalue weighted by Gasteiger charge is -2.15. The maximum absolute atomic E-state index is 5.82. The van der Waals surface area contributed by atoms with E-state index in [0.29, 0.717) is 6.04 Å². The topological polar surface area (TPSA) is 55.9 Å². The maximum Gasteiger partial charge on any atom is 0.138 e. The van der Waals surface area contributed by atoms with Crippen LogP contribution in [0.1, 0.15) is 50.2 Å². The van der Waals surface area contributed by atoms with E-state index in [-0.39, 0.29) is 6.04 Å². The molecule has 0 aliphatic heterocycles. The van der Waals surface area contributed by atoms with Gasteiger partial charge in [0.15, 0.2) is 0 Å². The molecule has 5 heteroatoms. The summed E-state index contributed by atoms with van der Waals surface area (Å²) in [4.78, 5) is 4.35. The molecule has 0 aliphatic rings. The first-order valence-corrected chi connectivity index (χ1v) is 6.80. The van der Waals surface area contributed by atoms with Crippen LogP contribution < -0.4 is 5.32 Å². The van der Waals surface area contributed by atoms with Crippen molar-refractivity contribution in [3.8, 4) is 0 Å². The summed E-state index contributed by atoms with van der Waals surface area (Å²) in [5.41, 5.74) is 0. The van der Waals surface area contributed by atoms with E-state index in [2.05, 4.69) is 36.2 Å². The Balaban J connectivity index is 2.16. The van der Waals surface area contributed by atoms with Gasteiger partial charge in [0.25, 0.3) is 0 Å². The van der Waals surface area contributed by atoms with Crippen molar-refractivity contribution in [1.82, 2.24) is 20.1 Å². The van der Waals surface area contributed by atoms with E-state index in [1.165, 1.54) is 0 Å². The van der Waals surface area contributed by atoms with E-state index in [1.807, 2.05) is 23.9 Å². The Kier molecular flexibility index (Phi) is 4.37. The molecule has 0 amide bonds. The Labute approximate surface area is 114 Å². The molecular formula is C14H22N4O. The number of nitrogens with zero attached hydrogens (tertiary/aromatic N) is 3. The van der Waals surface area contributed by atoms with E-state index in [4.69, 9.17) is 4.42 Å². The van der Waals surface area contributed by atoms with Crippen LogP contribution in [0.2, 0.25) is 0 Å². The van der Waals surface area contributed by atoms with Crippen molar-refractivity contribution < 1.29 is 4.42 Å². The van der Waals surface area contributed by atoms with Gasteiger partial charge in [-0.05, 0) is 33.0 Å². The van der Waals surface area contributed by atoms with Crippen molar-refractivity contribution in [3.63, 3.8) is 0 Å². The van der Waals surface area contributed by atoms with Gasteiger partial charge in [-0.1, -0.05) is 6.92 Å². The summed E-state index contributed by atoms with van der Waals surface area (Å²) in [6, 6.07) is 4.52. The van der Waals surface area contributed by atoms with Gasteiger partial charge in [0, 0.05) is 18.9 Å². The minimum Gasteiger partial charge on any atom is -0.464 e. The van der Waals surface area contributed by atoms with Crippen molar-refractivity contribution >= 4 is 0 Å².